The standard InChI is InChI=1S/C29H34N2O3/c1-3-21-18-28-14-13-22(27(32)31-24-11-7-15-30-20(24)2)17-26(28)34-16-8-12-25(28)29(33,19-21)23-9-5-4-6-10-23/h4-7,9-11,13,15,17,21,25,33H,3,8,12,14,16,18-19H2,1-2H3,(H,31,32)/t21-,25?,28?,29-/m1/s1. The van der Waals surface area contributed by atoms with Crippen molar-refractivity contribution in [2.45, 2.75) is 58.0 Å². The summed E-state index contributed by atoms with van der Waals surface area (Å²) in [6.45, 7) is 4.71. The number of amides is 1. The fourth-order valence-electron chi connectivity index (χ4n) is 6.48. The highest BCUT2D eigenvalue weighted by Gasteiger charge is 2.59. The Morgan fingerprint density at radius 2 is 2.03 bits per heavy atom. The van der Waals surface area contributed by atoms with Gasteiger partial charge in [0.1, 0.15) is 5.76 Å². The Labute approximate surface area is 201 Å². The van der Waals surface area contributed by atoms with Crippen LogP contribution in [0.3, 0.4) is 0 Å². The molecule has 5 rings (SSSR count). The van der Waals surface area contributed by atoms with Crippen LogP contribution in [-0.2, 0) is 15.1 Å². The summed E-state index contributed by atoms with van der Waals surface area (Å²) in [5, 5.41) is 15.3. The van der Waals surface area contributed by atoms with Gasteiger partial charge >= 0.3 is 0 Å². The average molecular weight is 459 g/mol. The maximum atomic E-state index is 13.2. The van der Waals surface area contributed by atoms with Gasteiger partial charge in [0.15, 0.2) is 0 Å². The molecule has 2 unspecified atom stereocenters. The number of nitrogens with zero attached hydrogens (tertiary/aromatic N) is 1. The van der Waals surface area contributed by atoms with Crippen LogP contribution in [0.4, 0.5) is 5.69 Å². The molecule has 178 valence electrons. The minimum Gasteiger partial charge on any atom is -0.497 e. The third kappa shape index (κ3) is 3.86. The second-order valence-electron chi connectivity index (χ2n) is 10.1. The van der Waals surface area contributed by atoms with E-state index in [4.69, 9.17) is 4.74 Å². The second kappa shape index (κ2) is 9.03. The quantitative estimate of drug-likeness (QED) is 0.620. The van der Waals surface area contributed by atoms with Crippen molar-refractivity contribution in [1.29, 1.82) is 0 Å². The van der Waals surface area contributed by atoms with Crippen LogP contribution in [0.2, 0.25) is 0 Å². The Bertz CT molecular complexity index is 1130. The summed E-state index contributed by atoms with van der Waals surface area (Å²) < 4.78 is 6.36. The number of aliphatic hydroxyl groups is 1. The van der Waals surface area contributed by atoms with E-state index in [2.05, 4.69) is 35.4 Å². The average Bonchev–Trinajstić information content (AvgIpc) is 3.05. The normalized spacial score (nSPS) is 30.6. The Balaban J connectivity index is 1.51. The predicted octanol–water partition coefficient (Wildman–Crippen LogP) is 5.66. The molecule has 2 aliphatic carbocycles. The Kier molecular flexibility index (Phi) is 6.07. The van der Waals surface area contributed by atoms with Crippen molar-refractivity contribution in [2.24, 2.45) is 17.3 Å². The molecule has 1 saturated heterocycles. The van der Waals surface area contributed by atoms with Crippen molar-refractivity contribution in [3.05, 3.63) is 83.4 Å². The lowest BCUT2D eigenvalue weighted by atomic mass is 9.51. The fraction of sp³-hybridized carbons (Fsp3) is 0.448. The lowest BCUT2D eigenvalue weighted by molar-refractivity contribution is -0.136. The number of aryl methyl sites for hydroxylation is 1. The van der Waals surface area contributed by atoms with Gasteiger partial charge in [-0.15, -0.1) is 0 Å². The van der Waals surface area contributed by atoms with E-state index in [1.54, 1.807) is 6.20 Å². The SMILES string of the molecule is CC[C@@H]1CC23CC=C(C(=O)Nc4cccnc4C)C=C2OCCCC3[C@](O)(c2ccccc2)C1. The Hall–Kier alpha value is -2.92. The van der Waals surface area contributed by atoms with Crippen LogP contribution < -0.4 is 5.32 Å². The number of nitrogens with one attached hydrogen (secondary N) is 1. The van der Waals surface area contributed by atoms with E-state index in [-0.39, 0.29) is 17.2 Å². The van der Waals surface area contributed by atoms with Gasteiger partial charge in [-0.25, -0.2) is 0 Å². The molecule has 0 bridgehead atoms. The molecule has 34 heavy (non-hydrogen) atoms. The first-order valence-electron chi connectivity index (χ1n) is 12.5. The number of benzene rings is 1. The van der Waals surface area contributed by atoms with Crippen molar-refractivity contribution in [3.8, 4) is 0 Å². The topological polar surface area (TPSA) is 71.5 Å². The third-order valence-corrected chi connectivity index (χ3v) is 8.22. The molecule has 1 spiro atoms. The lowest BCUT2D eigenvalue weighted by Gasteiger charge is -2.55. The zero-order valence-corrected chi connectivity index (χ0v) is 20.1. The number of aromatic nitrogens is 1. The van der Waals surface area contributed by atoms with Gasteiger partial charge in [0.2, 0.25) is 0 Å². The molecular weight excluding hydrogens is 424 g/mol. The summed E-state index contributed by atoms with van der Waals surface area (Å²) >= 11 is 0. The molecule has 5 heteroatoms. The van der Waals surface area contributed by atoms with Gasteiger partial charge in [-0.1, -0.05) is 49.8 Å². The van der Waals surface area contributed by atoms with E-state index in [1.165, 1.54) is 0 Å². The van der Waals surface area contributed by atoms with Crippen LogP contribution >= 0.6 is 0 Å². The van der Waals surface area contributed by atoms with Crippen LogP contribution in [0, 0.1) is 24.2 Å². The number of pyridine rings is 1. The summed E-state index contributed by atoms with van der Waals surface area (Å²) in [6.07, 6.45) is 11.0. The zero-order valence-electron chi connectivity index (χ0n) is 20.1. The van der Waals surface area contributed by atoms with Crippen molar-refractivity contribution in [3.63, 3.8) is 0 Å². The first-order chi connectivity index (χ1) is 16.5. The van der Waals surface area contributed by atoms with E-state index in [0.29, 0.717) is 30.2 Å². The van der Waals surface area contributed by atoms with Gasteiger partial charge in [-0.2, -0.15) is 0 Å². The minimum absolute atomic E-state index is 0.0420. The number of ether oxygens (including phenoxy) is 1. The highest BCUT2D eigenvalue weighted by molar-refractivity contribution is 6.06. The molecule has 3 aliphatic rings. The molecule has 0 radical (unpaired) electrons. The molecular formula is C29H34N2O3. The summed E-state index contributed by atoms with van der Waals surface area (Å²) in [5.41, 5.74) is 1.91. The van der Waals surface area contributed by atoms with Crippen LogP contribution in [0.15, 0.2) is 72.1 Å². The van der Waals surface area contributed by atoms with E-state index >= 15 is 0 Å². The van der Waals surface area contributed by atoms with Crippen LogP contribution in [0.1, 0.15) is 56.7 Å². The molecule has 5 nitrogen and oxygen atoms in total. The number of anilines is 1. The fourth-order valence-corrected chi connectivity index (χ4v) is 6.48. The molecule has 4 atom stereocenters. The summed E-state index contributed by atoms with van der Waals surface area (Å²) in [5.74, 6) is 1.15. The van der Waals surface area contributed by atoms with Crippen molar-refractivity contribution in [1.82, 2.24) is 4.98 Å². The molecule has 2 aromatic rings. The third-order valence-electron chi connectivity index (χ3n) is 8.22. The van der Waals surface area contributed by atoms with Crippen molar-refractivity contribution >= 4 is 11.6 Å². The van der Waals surface area contributed by atoms with E-state index < -0.39 is 5.60 Å². The van der Waals surface area contributed by atoms with Crippen molar-refractivity contribution in [2.75, 3.05) is 11.9 Å². The van der Waals surface area contributed by atoms with E-state index in [1.807, 2.05) is 43.3 Å². The Morgan fingerprint density at radius 1 is 1.21 bits per heavy atom. The number of carbonyl (C=O) groups is 1. The summed E-state index contributed by atoms with van der Waals surface area (Å²) in [7, 11) is 0. The molecule has 2 heterocycles. The van der Waals surface area contributed by atoms with Crippen LogP contribution in [-0.4, -0.2) is 22.6 Å². The minimum atomic E-state index is -0.909. The van der Waals surface area contributed by atoms with Gasteiger partial charge in [0, 0.05) is 23.1 Å². The van der Waals surface area contributed by atoms with E-state index in [0.717, 1.165) is 49.1 Å². The molecule has 1 aliphatic heterocycles. The van der Waals surface area contributed by atoms with Crippen LogP contribution in [0.5, 0.6) is 0 Å². The van der Waals surface area contributed by atoms with Gasteiger partial charge in [-0.05, 0) is 68.7 Å². The first kappa shape index (κ1) is 22.9. The largest absolute Gasteiger partial charge is 0.497 e. The number of hydrogen-bond acceptors (Lipinski definition) is 4. The highest BCUT2D eigenvalue weighted by Crippen LogP contribution is 2.62. The molecule has 2 fully saturated rings. The Morgan fingerprint density at radius 3 is 2.79 bits per heavy atom. The smallest absolute Gasteiger partial charge is 0.255 e. The highest BCUT2D eigenvalue weighted by atomic mass is 16.5. The maximum absolute atomic E-state index is 13.2. The van der Waals surface area contributed by atoms with E-state index in [9.17, 15) is 9.90 Å². The van der Waals surface area contributed by atoms with Crippen molar-refractivity contribution < 1.29 is 14.6 Å². The molecule has 1 aromatic carbocycles. The number of allylic oxidation sites excluding steroid dienone is 2. The first-order valence-corrected chi connectivity index (χ1v) is 12.5. The molecule has 1 aromatic heterocycles. The lowest BCUT2D eigenvalue weighted by Crippen LogP contribution is -2.53. The molecule has 1 saturated carbocycles. The summed E-state index contributed by atoms with van der Waals surface area (Å²) in [6, 6.07) is 13.9. The monoisotopic (exact) mass is 458 g/mol. The van der Waals surface area contributed by atoms with Gasteiger partial charge in [-0.3, -0.25) is 9.78 Å². The molecule has 2 N–H and O–H groups in total. The van der Waals surface area contributed by atoms with Gasteiger partial charge < -0.3 is 15.2 Å². The maximum Gasteiger partial charge on any atom is 0.255 e. The van der Waals surface area contributed by atoms with Gasteiger partial charge in [0.05, 0.1) is 23.6 Å². The predicted molar refractivity (Wildman–Crippen MR) is 133 cm³/mol. The number of rotatable bonds is 4. The van der Waals surface area contributed by atoms with Gasteiger partial charge in [0.25, 0.3) is 5.91 Å². The number of hydrogen-bond donors (Lipinski definition) is 2. The molecule has 1 amide bonds. The second-order valence-corrected chi connectivity index (χ2v) is 10.1. The zero-order chi connectivity index (χ0) is 23.8. The number of carbonyl (C=O) groups excluding carboxylic acids is 1. The summed E-state index contributed by atoms with van der Waals surface area (Å²) in [4.78, 5) is 17.4. The van der Waals surface area contributed by atoms with Crippen LogP contribution in [0.25, 0.3) is 0 Å².